The van der Waals surface area contributed by atoms with E-state index in [1.807, 2.05) is 6.92 Å². The molecule has 1 aromatic heterocycles. The van der Waals surface area contributed by atoms with Gasteiger partial charge in [-0.1, -0.05) is 13.3 Å². The molecule has 0 saturated carbocycles. The molecule has 1 rings (SSSR count). The van der Waals surface area contributed by atoms with E-state index in [-0.39, 0.29) is 11.4 Å². The van der Waals surface area contributed by atoms with Crippen LogP contribution in [0.25, 0.3) is 0 Å². The number of pyridine rings is 1. The molecule has 0 fully saturated rings. The average molecular weight is 238 g/mol. The zero-order chi connectivity index (χ0) is 13.0. The second-order valence-corrected chi connectivity index (χ2v) is 3.80. The monoisotopic (exact) mass is 238 g/mol. The maximum absolute atomic E-state index is 11.1. The van der Waals surface area contributed by atoms with Gasteiger partial charge in [0.15, 0.2) is 0 Å². The highest BCUT2D eigenvalue weighted by atomic mass is 16.6. The van der Waals surface area contributed by atoms with E-state index in [0.717, 1.165) is 0 Å². The van der Waals surface area contributed by atoms with Gasteiger partial charge in [0.25, 0.3) is 5.69 Å². The topological polar surface area (TPSA) is 93.3 Å². The number of nitrogens with zero attached hydrogens (tertiary/aromatic N) is 2. The normalized spacial score (nSPS) is 12.1. The number of carbonyl (C=O) groups is 1. The molecule has 0 saturated heterocycles. The van der Waals surface area contributed by atoms with Gasteiger partial charge in [-0.3, -0.25) is 19.9 Å². The largest absolute Gasteiger partial charge is 0.481 e. The number of rotatable bonds is 5. The van der Waals surface area contributed by atoms with Crippen molar-refractivity contribution >= 4 is 11.7 Å². The first kappa shape index (κ1) is 13.1. The summed E-state index contributed by atoms with van der Waals surface area (Å²) < 4.78 is 0. The molecule has 0 spiro atoms. The first-order valence-electron chi connectivity index (χ1n) is 5.31. The van der Waals surface area contributed by atoms with Crippen LogP contribution in [0.1, 0.15) is 36.9 Å². The average Bonchev–Trinajstić information content (AvgIpc) is 2.24. The van der Waals surface area contributed by atoms with Crippen LogP contribution < -0.4 is 0 Å². The van der Waals surface area contributed by atoms with Crippen molar-refractivity contribution in [1.29, 1.82) is 0 Å². The molecular formula is C11H14N2O4. The highest BCUT2D eigenvalue weighted by molar-refractivity contribution is 5.77. The van der Waals surface area contributed by atoms with Crippen molar-refractivity contribution in [3.8, 4) is 0 Å². The molecule has 1 heterocycles. The Morgan fingerprint density at radius 1 is 1.65 bits per heavy atom. The van der Waals surface area contributed by atoms with Crippen molar-refractivity contribution in [3.05, 3.63) is 33.6 Å². The molecule has 1 unspecified atom stereocenters. The molecule has 0 bridgehead atoms. The molecule has 0 aromatic carbocycles. The molecule has 0 aliphatic rings. The Labute approximate surface area is 98.4 Å². The van der Waals surface area contributed by atoms with Crippen LogP contribution in [0.4, 0.5) is 5.69 Å². The maximum atomic E-state index is 11.1. The second kappa shape index (κ2) is 5.38. The highest BCUT2D eigenvalue weighted by Gasteiger charge is 2.29. The van der Waals surface area contributed by atoms with Crippen LogP contribution in [-0.4, -0.2) is 21.0 Å². The number of nitro groups is 1. The Morgan fingerprint density at radius 3 is 2.76 bits per heavy atom. The second-order valence-electron chi connectivity index (χ2n) is 3.80. The zero-order valence-electron chi connectivity index (χ0n) is 9.71. The van der Waals surface area contributed by atoms with E-state index in [0.29, 0.717) is 18.4 Å². The molecule has 0 aliphatic heterocycles. The van der Waals surface area contributed by atoms with Gasteiger partial charge in [0.2, 0.25) is 0 Å². The van der Waals surface area contributed by atoms with Crippen molar-refractivity contribution in [3.63, 3.8) is 0 Å². The van der Waals surface area contributed by atoms with E-state index >= 15 is 0 Å². The minimum atomic E-state index is -1.08. The van der Waals surface area contributed by atoms with E-state index < -0.39 is 16.8 Å². The molecule has 0 radical (unpaired) electrons. The number of carboxylic acid groups (broad SMARTS) is 1. The quantitative estimate of drug-likeness (QED) is 0.627. The first-order chi connectivity index (χ1) is 7.99. The molecule has 17 heavy (non-hydrogen) atoms. The van der Waals surface area contributed by atoms with E-state index in [1.165, 1.54) is 12.3 Å². The minimum absolute atomic E-state index is 0.0457. The van der Waals surface area contributed by atoms with Gasteiger partial charge in [0.1, 0.15) is 11.6 Å². The number of hydrogen-bond donors (Lipinski definition) is 1. The lowest BCUT2D eigenvalue weighted by molar-refractivity contribution is -0.386. The molecule has 1 atom stereocenters. The summed E-state index contributed by atoms with van der Waals surface area (Å²) >= 11 is 0. The summed E-state index contributed by atoms with van der Waals surface area (Å²) in [5.74, 6) is -1.99. The predicted octanol–water partition coefficient (Wildman–Crippen LogP) is 2.27. The zero-order valence-corrected chi connectivity index (χ0v) is 9.71. The molecule has 6 heteroatoms. The smallest absolute Gasteiger partial charge is 0.312 e. The first-order valence-corrected chi connectivity index (χ1v) is 5.31. The summed E-state index contributed by atoms with van der Waals surface area (Å²) in [6.07, 6.45) is 2.37. The van der Waals surface area contributed by atoms with Crippen LogP contribution in [0.15, 0.2) is 12.3 Å². The molecule has 0 amide bonds. The third kappa shape index (κ3) is 2.77. The Kier molecular flexibility index (Phi) is 4.14. The van der Waals surface area contributed by atoms with Crippen molar-refractivity contribution in [2.45, 2.75) is 32.6 Å². The predicted molar refractivity (Wildman–Crippen MR) is 60.9 cm³/mol. The Hall–Kier alpha value is -1.98. The summed E-state index contributed by atoms with van der Waals surface area (Å²) in [5, 5.41) is 20.0. The van der Waals surface area contributed by atoms with Gasteiger partial charge in [0.05, 0.1) is 4.92 Å². The number of hydrogen-bond acceptors (Lipinski definition) is 4. The SMILES string of the molecule is CCCC(C(=O)O)c1nccc(C)c1[N+](=O)[O-]. The van der Waals surface area contributed by atoms with Gasteiger partial charge in [-0.25, -0.2) is 0 Å². The fraction of sp³-hybridized carbons (Fsp3) is 0.455. The highest BCUT2D eigenvalue weighted by Crippen LogP contribution is 2.30. The van der Waals surface area contributed by atoms with Crippen molar-refractivity contribution in [2.24, 2.45) is 0 Å². The van der Waals surface area contributed by atoms with Gasteiger partial charge >= 0.3 is 5.97 Å². The number of carboxylic acids is 1. The molecular weight excluding hydrogens is 224 g/mol. The summed E-state index contributed by atoms with van der Waals surface area (Å²) in [7, 11) is 0. The van der Waals surface area contributed by atoms with Crippen LogP contribution in [0, 0.1) is 17.0 Å². The van der Waals surface area contributed by atoms with Crippen LogP contribution in [0.5, 0.6) is 0 Å². The third-order valence-electron chi connectivity index (χ3n) is 2.54. The fourth-order valence-electron chi connectivity index (χ4n) is 1.73. The van der Waals surface area contributed by atoms with E-state index in [2.05, 4.69) is 4.98 Å². The Bertz CT molecular complexity index is 445. The number of aromatic nitrogens is 1. The lowest BCUT2D eigenvalue weighted by atomic mass is 9.96. The molecule has 92 valence electrons. The van der Waals surface area contributed by atoms with Gasteiger partial charge in [-0.05, 0) is 19.4 Å². The van der Waals surface area contributed by atoms with Crippen LogP contribution in [0.3, 0.4) is 0 Å². The standard InChI is InChI=1S/C11H14N2O4/c1-3-4-8(11(14)15)9-10(13(16)17)7(2)5-6-12-9/h5-6,8H,3-4H2,1-2H3,(H,14,15). The summed E-state index contributed by atoms with van der Waals surface area (Å²) in [4.78, 5) is 25.4. The fourth-order valence-corrected chi connectivity index (χ4v) is 1.73. The molecule has 1 aromatic rings. The van der Waals surface area contributed by atoms with Gasteiger partial charge in [0, 0.05) is 11.8 Å². The maximum Gasteiger partial charge on any atom is 0.312 e. The van der Waals surface area contributed by atoms with Crippen molar-refractivity contribution < 1.29 is 14.8 Å². The minimum Gasteiger partial charge on any atom is -0.481 e. The van der Waals surface area contributed by atoms with E-state index in [1.54, 1.807) is 6.92 Å². The summed E-state index contributed by atoms with van der Waals surface area (Å²) in [6.45, 7) is 3.41. The summed E-state index contributed by atoms with van der Waals surface area (Å²) in [6, 6.07) is 1.51. The summed E-state index contributed by atoms with van der Waals surface area (Å²) in [5.41, 5.74) is 0.292. The number of aliphatic carboxylic acids is 1. The van der Waals surface area contributed by atoms with Gasteiger partial charge < -0.3 is 5.11 Å². The van der Waals surface area contributed by atoms with E-state index in [4.69, 9.17) is 5.11 Å². The van der Waals surface area contributed by atoms with Gasteiger partial charge in [-0.15, -0.1) is 0 Å². The van der Waals surface area contributed by atoms with Crippen LogP contribution in [0.2, 0.25) is 0 Å². The lowest BCUT2D eigenvalue weighted by Gasteiger charge is -2.11. The van der Waals surface area contributed by atoms with Gasteiger partial charge in [-0.2, -0.15) is 0 Å². The van der Waals surface area contributed by atoms with Crippen molar-refractivity contribution in [2.75, 3.05) is 0 Å². The van der Waals surface area contributed by atoms with Crippen LogP contribution >= 0.6 is 0 Å². The third-order valence-corrected chi connectivity index (χ3v) is 2.54. The van der Waals surface area contributed by atoms with E-state index in [9.17, 15) is 14.9 Å². The Morgan fingerprint density at radius 2 is 2.29 bits per heavy atom. The molecule has 1 N–H and O–H groups in total. The number of aryl methyl sites for hydroxylation is 1. The Balaban J connectivity index is 3.32. The van der Waals surface area contributed by atoms with Crippen molar-refractivity contribution in [1.82, 2.24) is 4.98 Å². The lowest BCUT2D eigenvalue weighted by Crippen LogP contribution is -2.15. The molecule has 6 nitrogen and oxygen atoms in total. The molecule has 0 aliphatic carbocycles. The van der Waals surface area contributed by atoms with Crippen LogP contribution in [-0.2, 0) is 4.79 Å².